The van der Waals surface area contributed by atoms with Crippen molar-refractivity contribution in [3.63, 3.8) is 0 Å². The molecule has 0 saturated heterocycles. The molecule has 13 heavy (non-hydrogen) atoms. The average molecular weight is 177 g/mol. The monoisotopic (exact) mass is 177 g/mol. The minimum Gasteiger partial charge on any atom is -0.261 e. The van der Waals surface area contributed by atoms with Crippen LogP contribution in [0.25, 0.3) is 0 Å². The third-order valence-corrected chi connectivity index (χ3v) is 1.70. The standard InChI is InChI=1S/C10H13N.C2H6/c1-4-11-10-8(2)6-5-7-9(10)3;1-2/h4-7H,1-3H3;1-2H3. The van der Waals surface area contributed by atoms with Gasteiger partial charge >= 0.3 is 0 Å². The zero-order valence-electron chi connectivity index (χ0n) is 9.26. The van der Waals surface area contributed by atoms with E-state index in [2.05, 4.69) is 37.0 Å². The second kappa shape index (κ2) is 6.41. The summed E-state index contributed by atoms with van der Waals surface area (Å²) in [5.41, 5.74) is 3.58. The molecule has 0 unspecified atom stereocenters. The van der Waals surface area contributed by atoms with E-state index in [9.17, 15) is 0 Å². The maximum absolute atomic E-state index is 4.28. The lowest BCUT2D eigenvalue weighted by Crippen LogP contribution is -1.78. The number of aryl methyl sites for hydroxylation is 2. The fourth-order valence-corrected chi connectivity index (χ4v) is 1.14. The van der Waals surface area contributed by atoms with Gasteiger partial charge < -0.3 is 0 Å². The summed E-state index contributed by atoms with van der Waals surface area (Å²) in [5.74, 6) is 0. The summed E-state index contributed by atoms with van der Waals surface area (Å²) in [5, 5.41) is 0. The van der Waals surface area contributed by atoms with Crippen molar-refractivity contribution in [2.45, 2.75) is 34.6 Å². The molecular formula is C12H19N. The summed E-state index contributed by atoms with van der Waals surface area (Å²) in [4.78, 5) is 4.28. The number of rotatable bonds is 1. The topological polar surface area (TPSA) is 12.4 Å². The smallest absolute Gasteiger partial charge is 0.0683 e. The zero-order valence-corrected chi connectivity index (χ0v) is 9.26. The highest BCUT2D eigenvalue weighted by molar-refractivity contribution is 5.64. The average Bonchev–Trinajstić information content (AvgIpc) is 2.15. The van der Waals surface area contributed by atoms with Gasteiger partial charge in [0, 0.05) is 6.21 Å². The van der Waals surface area contributed by atoms with Crippen molar-refractivity contribution in [3.8, 4) is 0 Å². The van der Waals surface area contributed by atoms with Gasteiger partial charge in [0.2, 0.25) is 0 Å². The summed E-state index contributed by atoms with van der Waals surface area (Å²) >= 11 is 0. The fourth-order valence-electron chi connectivity index (χ4n) is 1.14. The Kier molecular flexibility index (Phi) is 5.86. The molecule has 0 spiro atoms. The lowest BCUT2D eigenvalue weighted by atomic mass is 10.1. The molecule has 1 nitrogen and oxygen atoms in total. The van der Waals surface area contributed by atoms with E-state index in [1.54, 1.807) is 0 Å². The summed E-state index contributed by atoms with van der Waals surface area (Å²) in [6.07, 6.45) is 1.83. The largest absolute Gasteiger partial charge is 0.261 e. The summed E-state index contributed by atoms with van der Waals surface area (Å²) in [6, 6.07) is 6.21. The number of para-hydroxylation sites is 1. The number of benzene rings is 1. The third kappa shape index (κ3) is 3.41. The number of aliphatic imine (C=N–C) groups is 1. The minimum absolute atomic E-state index is 1.11. The lowest BCUT2D eigenvalue weighted by Gasteiger charge is -2.02. The lowest BCUT2D eigenvalue weighted by molar-refractivity contribution is 1.33. The Balaban J connectivity index is 0.000000671. The molecule has 1 aromatic carbocycles. The van der Waals surface area contributed by atoms with Gasteiger partial charge in [0.1, 0.15) is 0 Å². The molecule has 1 heteroatoms. The van der Waals surface area contributed by atoms with Crippen LogP contribution in [0.5, 0.6) is 0 Å². The third-order valence-electron chi connectivity index (χ3n) is 1.70. The van der Waals surface area contributed by atoms with E-state index in [1.807, 2.05) is 27.0 Å². The van der Waals surface area contributed by atoms with Crippen LogP contribution in [0.3, 0.4) is 0 Å². The van der Waals surface area contributed by atoms with Crippen molar-refractivity contribution in [1.82, 2.24) is 0 Å². The summed E-state index contributed by atoms with van der Waals surface area (Å²) in [7, 11) is 0. The Hall–Kier alpha value is -1.11. The molecule has 0 saturated carbocycles. The maximum atomic E-state index is 4.28. The Labute approximate surface area is 81.5 Å². The van der Waals surface area contributed by atoms with E-state index in [1.165, 1.54) is 11.1 Å². The van der Waals surface area contributed by atoms with Crippen LogP contribution in [0.15, 0.2) is 23.2 Å². The SMILES string of the molecule is CC.CC=Nc1c(C)cccc1C. The van der Waals surface area contributed by atoms with Crippen LogP contribution in [0, 0.1) is 13.8 Å². The predicted molar refractivity (Wildman–Crippen MR) is 61.1 cm³/mol. The first-order valence-electron chi connectivity index (χ1n) is 4.80. The number of hydrogen-bond donors (Lipinski definition) is 0. The van der Waals surface area contributed by atoms with Gasteiger partial charge in [-0.3, -0.25) is 4.99 Å². The molecular weight excluding hydrogens is 158 g/mol. The zero-order chi connectivity index (χ0) is 10.3. The Morgan fingerprint density at radius 2 is 1.54 bits per heavy atom. The number of nitrogens with zero attached hydrogens (tertiary/aromatic N) is 1. The quantitative estimate of drug-likeness (QED) is 0.574. The Morgan fingerprint density at radius 1 is 1.08 bits per heavy atom. The van der Waals surface area contributed by atoms with Crippen molar-refractivity contribution in [2.75, 3.05) is 0 Å². The van der Waals surface area contributed by atoms with Crippen LogP contribution in [0.4, 0.5) is 5.69 Å². The van der Waals surface area contributed by atoms with Crippen LogP contribution in [-0.2, 0) is 0 Å². The molecule has 0 N–H and O–H groups in total. The molecule has 0 aliphatic heterocycles. The van der Waals surface area contributed by atoms with E-state index < -0.39 is 0 Å². The van der Waals surface area contributed by atoms with Gasteiger partial charge in [-0.15, -0.1) is 0 Å². The van der Waals surface area contributed by atoms with Crippen LogP contribution >= 0.6 is 0 Å². The molecule has 1 aromatic rings. The minimum atomic E-state index is 1.11. The second-order valence-corrected chi connectivity index (χ2v) is 2.63. The van der Waals surface area contributed by atoms with Crippen LogP contribution in [0.2, 0.25) is 0 Å². The summed E-state index contributed by atoms with van der Waals surface area (Å²) < 4.78 is 0. The van der Waals surface area contributed by atoms with Gasteiger partial charge in [-0.2, -0.15) is 0 Å². The van der Waals surface area contributed by atoms with Gasteiger partial charge in [0.05, 0.1) is 5.69 Å². The van der Waals surface area contributed by atoms with E-state index >= 15 is 0 Å². The normalized spacial score (nSPS) is 9.62. The molecule has 0 aliphatic carbocycles. The van der Waals surface area contributed by atoms with Gasteiger partial charge in [-0.1, -0.05) is 32.0 Å². The highest BCUT2D eigenvalue weighted by Gasteiger charge is 1.96. The van der Waals surface area contributed by atoms with Gasteiger partial charge in [-0.05, 0) is 31.9 Å². The maximum Gasteiger partial charge on any atom is 0.0683 e. The first kappa shape index (κ1) is 11.9. The molecule has 0 aliphatic rings. The second-order valence-electron chi connectivity index (χ2n) is 2.63. The Bertz CT molecular complexity index is 254. The van der Waals surface area contributed by atoms with Crippen LogP contribution in [0.1, 0.15) is 31.9 Å². The van der Waals surface area contributed by atoms with Gasteiger partial charge in [-0.25, -0.2) is 0 Å². The van der Waals surface area contributed by atoms with E-state index in [0.29, 0.717) is 0 Å². The van der Waals surface area contributed by atoms with Crippen LogP contribution in [-0.4, -0.2) is 6.21 Å². The first-order valence-corrected chi connectivity index (χ1v) is 4.80. The molecule has 0 fully saturated rings. The van der Waals surface area contributed by atoms with E-state index in [0.717, 1.165) is 5.69 Å². The predicted octanol–water partition coefficient (Wildman–Crippen LogP) is 4.05. The van der Waals surface area contributed by atoms with Crippen molar-refractivity contribution in [1.29, 1.82) is 0 Å². The highest BCUT2D eigenvalue weighted by atomic mass is 14.7. The molecule has 0 amide bonds. The van der Waals surface area contributed by atoms with Crippen molar-refractivity contribution in [2.24, 2.45) is 4.99 Å². The molecule has 1 rings (SSSR count). The highest BCUT2D eigenvalue weighted by Crippen LogP contribution is 2.21. The molecule has 72 valence electrons. The molecule has 0 bridgehead atoms. The van der Waals surface area contributed by atoms with Gasteiger partial charge in [0.25, 0.3) is 0 Å². The van der Waals surface area contributed by atoms with E-state index in [4.69, 9.17) is 0 Å². The van der Waals surface area contributed by atoms with Crippen LogP contribution < -0.4 is 0 Å². The fraction of sp³-hybridized carbons (Fsp3) is 0.417. The first-order chi connectivity index (χ1) is 6.25. The summed E-state index contributed by atoms with van der Waals surface area (Å²) in [6.45, 7) is 10.1. The number of hydrogen-bond acceptors (Lipinski definition) is 1. The van der Waals surface area contributed by atoms with Gasteiger partial charge in [0.15, 0.2) is 0 Å². The van der Waals surface area contributed by atoms with Crippen molar-refractivity contribution >= 4 is 11.9 Å². The van der Waals surface area contributed by atoms with Crippen molar-refractivity contribution in [3.05, 3.63) is 29.3 Å². The Morgan fingerprint density at radius 3 is 1.92 bits per heavy atom. The molecule has 0 aromatic heterocycles. The van der Waals surface area contributed by atoms with E-state index in [-0.39, 0.29) is 0 Å². The van der Waals surface area contributed by atoms with Crippen molar-refractivity contribution < 1.29 is 0 Å². The molecule has 0 radical (unpaired) electrons. The molecule has 0 atom stereocenters. The molecule has 0 heterocycles.